The Morgan fingerprint density at radius 1 is 1.12 bits per heavy atom. The van der Waals surface area contributed by atoms with Crippen LogP contribution >= 0.6 is 22.9 Å². The Balaban J connectivity index is 1.83. The maximum Gasteiger partial charge on any atom is 0.325 e. The normalized spacial score (nSPS) is 10.5. The molecule has 0 saturated carbocycles. The van der Waals surface area contributed by atoms with Crippen LogP contribution in [0.15, 0.2) is 36.4 Å². The number of thiazole rings is 1. The van der Waals surface area contributed by atoms with Crippen molar-refractivity contribution in [2.75, 3.05) is 24.9 Å². The van der Waals surface area contributed by atoms with E-state index in [4.69, 9.17) is 21.1 Å². The summed E-state index contributed by atoms with van der Waals surface area (Å²) in [7, 11) is 3.15. The zero-order valence-corrected chi connectivity index (χ0v) is 14.5. The van der Waals surface area contributed by atoms with Crippen molar-refractivity contribution in [1.82, 2.24) is 4.98 Å². The van der Waals surface area contributed by atoms with E-state index < -0.39 is 6.03 Å². The fraction of sp³-hybridized carbons (Fsp3) is 0.125. The lowest BCUT2D eigenvalue weighted by Crippen LogP contribution is -2.19. The van der Waals surface area contributed by atoms with Crippen LogP contribution in [-0.4, -0.2) is 25.2 Å². The number of carbonyl (C=O) groups excluding carboxylic acids is 1. The van der Waals surface area contributed by atoms with Gasteiger partial charge >= 0.3 is 6.03 Å². The maximum absolute atomic E-state index is 12.1. The molecular weight excluding hydrogens is 350 g/mol. The molecule has 0 aliphatic rings. The number of rotatable bonds is 4. The van der Waals surface area contributed by atoms with Crippen LogP contribution in [0.25, 0.3) is 10.2 Å². The summed E-state index contributed by atoms with van der Waals surface area (Å²) in [6.07, 6.45) is 0. The second kappa shape index (κ2) is 6.94. The summed E-state index contributed by atoms with van der Waals surface area (Å²) in [4.78, 5) is 16.5. The Morgan fingerprint density at radius 3 is 2.58 bits per heavy atom. The molecule has 0 saturated heterocycles. The number of anilines is 2. The van der Waals surface area contributed by atoms with Crippen molar-refractivity contribution in [1.29, 1.82) is 0 Å². The molecule has 0 radical (unpaired) electrons. The molecule has 1 aromatic heterocycles. The van der Waals surface area contributed by atoms with Gasteiger partial charge in [-0.15, -0.1) is 0 Å². The lowest BCUT2D eigenvalue weighted by molar-refractivity contribution is 0.262. The highest BCUT2D eigenvalue weighted by Gasteiger charge is 2.15. The predicted octanol–water partition coefficient (Wildman–Crippen LogP) is 4.61. The van der Waals surface area contributed by atoms with Gasteiger partial charge in [-0.25, -0.2) is 9.78 Å². The third kappa shape index (κ3) is 3.37. The molecule has 0 fully saturated rings. The van der Waals surface area contributed by atoms with Gasteiger partial charge in [0.05, 0.1) is 14.2 Å². The highest BCUT2D eigenvalue weighted by molar-refractivity contribution is 7.22. The van der Waals surface area contributed by atoms with Crippen molar-refractivity contribution in [3.8, 4) is 11.5 Å². The van der Waals surface area contributed by atoms with E-state index in [1.54, 1.807) is 50.6 Å². The number of urea groups is 1. The van der Waals surface area contributed by atoms with E-state index in [1.165, 1.54) is 11.3 Å². The molecule has 0 aliphatic heterocycles. The van der Waals surface area contributed by atoms with Crippen LogP contribution in [0.4, 0.5) is 15.6 Å². The average molecular weight is 364 g/mol. The maximum atomic E-state index is 12.1. The highest BCUT2D eigenvalue weighted by atomic mass is 35.5. The van der Waals surface area contributed by atoms with Crippen molar-refractivity contribution in [3.63, 3.8) is 0 Å². The second-order valence-corrected chi connectivity index (χ2v) is 6.19. The Hall–Kier alpha value is -2.51. The summed E-state index contributed by atoms with van der Waals surface area (Å²) < 4.78 is 11.4. The number of benzene rings is 2. The molecule has 0 aliphatic carbocycles. The minimum atomic E-state index is -0.408. The summed E-state index contributed by atoms with van der Waals surface area (Å²) in [5.74, 6) is 1.29. The van der Waals surface area contributed by atoms with E-state index in [-0.39, 0.29) is 0 Å². The fourth-order valence-electron chi connectivity index (χ4n) is 2.16. The number of ether oxygens (including phenoxy) is 2. The summed E-state index contributed by atoms with van der Waals surface area (Å²) in [6, 6.07) is 10.1. The van der Waals surface area contributed by atoms with Crippen molar-refractivity contribution in [2.45, 2.75) is 0 Å². The molecule has 24 heavy (non-hydrogen) atoms. The number of halogens is 1. The van der Waals surface area contributed by atoms with Gasteiger partial charge in [0.15, 0.2) is 5.13 Å². The molecule has 0 atom stereocenters. The molecule has 0 unspecified atom stereocenters. The van der Waals surface area contributed by atoms with Gasteiger partial charge < -0.3 is 14.8 Å². The molecule has 0 spiro atoms. The molecule has 3 rings (SSSR count). The van der Waals surface area contributed by atoms with Gasteiger partial charge in [-0.05, 0) is 30.3 Å². The molecular formula is C16H14ClN3O3S. The number of amides is 2. The molecule has 2 N–H and O–H groups in total. The first-order valence-electron chi connectivity index (χ1n) is 6.96. The van der Waals surface area contributed by atoms with E-state index in [2.05, 4.69) is 15.6 Å². The monoisotopic (exact) mass is 363 g/mol. The van der Waals surface area contributed by atoms with Crippen molar-refractivity contribution in [2.24, 2.45) is 0 Å². The first-order valence-corrected chi connectivity index (χ1v) is 8.15. The van der Waals surface area contributed by atoms with E-state index >= 15 is 0 Å². The smallest absolute Gasteiger partial charge is 0.325 e. The lowest BCUT2D eigenvalue weighted by Gasteiger charge is -2.05. The fourth-order valence-corrected chi connectivity index (χ4v) is 3.32. The molecule has 2 amide bonds. The first-order chi connectivity index (χ1) is 11.6. The lowest BCUT2D eigenvalue weighted by atomic mass is 10.3. The Kier molecular flexibility index (Phi) is 4.73. The van der Waals surface area contributed by atoms with Crippen LogP contribution in [0.5, 0.6) is 11.5 Å². The van der Waals surface area contributed by atoms with Gasteiger partial charge in [0.2, 0.25) is 0 Å². The number of nitrogens with zero attached hydrogens (tertiary/aromatic N) is 1. The zero-order valence-electron chi connectivity index (χ0n) is 12.9. The van der Waals surface area contributed by atoms with E-state index in [0.717, 1.165) is 4.70 Å². The Labute approximate surface area is 147 Å². The van der Waals surface area contributed by atoms with Gasteiger partial charge in [-0.2, -0.15) is 0 Å². The van der Waals surface area contributed by atoms with Gasteiger partial charge in [-0.3, -0.25) is 5.32 Å². The quantitative estimate of drug-likeness (QED) is 0.709. The highest BCUT2D eigenvalue weighted by Crippen LogP contribution is 2.38. The van der Waals surface area contributed by atoms with Crippen LogP contribution in [-0.2, 0) is 0 Å². The second-order valence-electron chi connectivity index (χ2n) is 4.76. The van der Waals surface area contributed by atoms with Crippen LogP contribution in [0.3, 0.4) is 0 Å². The molecule has 8 heteroatoms. The van der Waals surface area contributed by atoms with Crippen molar-refractivity contribution in [3.05, 3.63) is 41.4 Å². The SMILES string of the molecule is COc1ccc(OC)c2sc(NC(=O)Nc3cccc(Cl)c3)nc12. The minimum absolute atomic E-state index is 0.408. The number of fused-ring (bicyclic) bond motifs is 1. The summed E-state index contributed by atoms with van der Waals surface area (Å²) >= 11 is 7.20. The molecule has 3 aromatic rings. The van der Waals surface area contributed by atoms with Gasteiger partial charge in [0.25, 0.3) is 0 Å². The standard InChI is InChI=1S/C16H14ClN3O3S/c1-22-11-6-7-12(23-2)14-13(11)19-16(24-14)20-15(21)18-10-5-3-4-9(17)8-10/h3-8H,1-2H3,(H2,18,19,20,21). The number of methoxy groups -OCH3 is 2. The van der Waals surface area contributed by atoms with E-state index in [0.29, 0.717) is 32.9 Å². The van der Waals surface area contributed by atoms with Crippen molar-refractivity contribution >= 4 is 50.0 Å². The third-order valence-electron chi connectivity index (χ3n) is 3.21. The number of hydrogen-bond acceptors (Lipinski definition) is 5. The van der Waals surface area contributed by atoms with Crippen molar-refractivity contribution < 1.29 is 14.3 Å². The summed E-state index contributed by atoms with van der Waals surface area (Å²) in [5.41, 5.74) is 1.23. The molecule has 1 heterocycles. The average Bonchev–Trinajstić information content (AvgIpc) is 2.97. The molecule has 6 nitrogen and oxygen atoms in total. The van der Waals surface area contributed by atoms with Gasteiger partial charge in [0, 0.05) is 10.7 Å². The number of carbonyl (C=O) groups is 1. The number of aromatic nitrogens is 1. The number of hydrogen-bond donors (Lipinski definition) is 2. The minimum Gasteiger partial charge on any atom is -0.495 e. The molecule has 124 valence electrons. The third-order valence-corrected chi connectivity index (χ3v) is 4.43. The predicted molar refractivity (Wildman–Crippen MR) is 96.8 cm³/mol. The molecule has 0 bridgehead atoms. The van der Waals surface area contributed by atoms with Crippen LogP contribution in [0.1, 0.15) is 0 Å². The number of nitrogens with one attached hydrogen (secondary N) is 2. The zero-order chi connectivity index (χ0) is 17.1. The van der Waals surface area contributed by atoms with E-state index in [9.17, 15) is 4.79 Å². The first kappa shape index (κ1) is 16.4. The molecule has 2 aromatic carbocycles. The van der Waals surface area contributed by atoms with Crippen LogP contribution in [0.2, 0.25) is 5.02 Å². The van der Waals surface area contributed by atoms with Crippen LogP contribution in [0, 0.1) is 0 Å². The Morgan fingerprint density at radius 2 is 1.88 bits per heavy atom. The largest absolute Gasteiger partial charge is 0.495 e. The summed E-state index contributed by atoms with van der Waals surface area (Å²) in [6.45, 7) is 0. The van der Waals surface area contributed by atoms with Crippen LogP contribution < -0.4 is 20.1 Å². The van der Waals surface area contributed by atoms with Gasteiger partial charge in [0.1, 0.15) is 21.7 Å². The topological polar surface area (TPSA) is 72.5 Å². The van der Waals surface area contributed by atoms with E-state index in [1.807, 2.05) is 0 Å². The Bertz CT molecular complexity index is 856. The van der Waals surface area contributed by atoms with Gasteiger partial charge in [-0.1, -0.05) is 29.0 Å². The summed E-state index contributed by atoms with van der Waals surface area (Å²) in [5, 5.41) is 6.39.